The van der Waals surface area contributed by atoms with Crippen molar-refractivity contribution in [2.24, 2.45) is 0 Å². The van der Waals surface area contributed by atoms with E-state index in [0.717, 1.165) is 24.5 Å². The lowest BCUT2D eigenvalue weighted by molar-refractivity contribution is -0.124. The molecule has 0 saturated carbocycles. The highest BCUT2D eigenvalue weighted by Gasteiger charge is 2.16. The maximum absolute atomic E-state index is 11.2. The quantitative estimate of drug-likeness (QED) is 0.778. The third-order valence-corrected chi connectivity index (χ3v) is 3.59. The summed E-state index contributed by atoms with van der Waals surface area (Å²) < 4.78 is 0. The minimum Gasteiger partial charge on any atom is -0.395 e. The van der Waals surface area contributed by atoms with E-state index < -0.39 is 0 Å². The second kappa shape index (κ2) is 6.55. The summed E-state index contributed by atoms with van der Waals surface area (Å²) >= 11 is 1.65. The molecule has 0 aliphatic carbocycles. The monoisotopic (exact) mass is 264 g/mol. The van der Waals surface area contributed by atoms with Crippen molar-refractivity contribution in [2.45, 2.75) is 13.0 Å². The van der Waals surface area contributed by atoms with E-state index in [1.807, 2.05) is 6.07 Å². The van der Waals surface area contributed by atoms with Gasteiger partial charge in [-0.2, -0.15) is 0 Å². The second-order valence-corrected chi connectivity index (χ2v) is 5.27. The Bertz CT molecular complexity index is 473. The van der Waals surface area contributed by atoms with Crippen LogP contribution in [-0.4, -0.2) is 42.2 Å². The summed E-state index contributed by atoms with van der Waals surface area (Å²) in [6.45, 7) is 3.01. The summed E-state index contributed by atoms with van der Waals surface area (Å²) in [4.78, 5) is 15.6. The first kappa shape index (κ1) is 13.1. The van der Waals surface area contributed by atoms with Crippen LogP contribution in [0.4, 0.5) is 0 Å². The normalized spacial score (nSPS) is 15.9. The molecule has 0 unspecified atom stereocenters. The maximum Gasteiger partial charge on any atom is 0.234 e. The zero-order valence-corrected chi connectivity index (χ0v) is 10.9. The molecule has 1 aliphatic rings. The fraction of sp³-hybridized carbons (Fsp3) is 0.462. The Morgan fingerprint density at radius 2 is 2.39 bits per heavy atom. The van der Waals surface area contributed by atoms with Crippen LogP contribution in [0.5, 0.6) is 0 Å². The van der Waals surface area contributed by atoms with Gasteiger partial charge in [-0.05, 0) is 12.1 Å². The van der Waals surface area contributed by atoms with Gasteiger partial charge in [-0.15, -0.1) is 11.3 Å². The Hall–Kier alpha value is -1.35. The third-order valence-electron chi connectivity index (χ3n) is 2.61. The van der Waals surface area contributed by atoms with E-state index in [-0.39, 0.29) is 12.5 Å². The van der Waals surface area contributed by atoms with Gasteiger partial charge in [0.1, 0.15) is 0 Å². The predicted octanol–water partition coefficient (Wildman–Crippen LogP) is 0.414. The van der Waals surface area contributed by atoms with E-state index >= 15 is 0 Å². The SMILES string of the molecule is O=C1CN(Cc2ccc(C#CCCO)s2)CCN1. The minimum atomic E-state index is 0.0979. The first-order valence-corrected chi connectivity index (χ1v) is 6.77. The number of piperazine rings is 1. The molecule has 18 heavy (non-hydrogen) atoms. The summed E-state index contributed by atoms with van der Waals surface area (Å²) in [6, 6.07) is 4.05. The van der Waals surface area contributed by atoms with Crippen LogP contribution >= 0.6 is 11.3 Å². The molecule has 4 nitrogen and oxygen atoms in total. The molecule has 1 fully saturated rings. The maximum atomic E-state index is 11.2. The molecule has 0 radical (unpaired) electrons. The predicted molar refractivity (Wildman–Crippen MR) is 71.2 cm³/mol. The Kier molecular flexibility index (Phi) is 4.76. The summed E-state index contributed by atoms with van der Waals surface area (Å²) in [5.41, 5.74) is 0. The minimum absolute atomic E-state index is 0.0979. The number of nitrogens with one attached hydrogen (secondary N) is 1. The number of aliphatic hydroxyl groups excluding tert-OH is 1. The van der Waals surface area contributed by atoms with Gasteiger partial charge in [0.15, 0.2) is 0 Å². The smallest absolute Gasteiger partial charge is 0.234 e. The molecule has 1 saturated heterocycles. The zero-order valence-electron chi connectivity index (χ0n) is 10.1. The Labute approximate surface area is 111 Å². The van der Waals surface area contributed by atoms with Crippen molar-refractivity contribution in [2.75, 3.05) is 26.2 Å². The molecule has 0 spiro atoms. The van der Waals surface area contributed by atoms with E-state index in [9.17, 15) is 4.79 Å². The van der Waals surface area contributed by atoms with Gasteiger partial charge in [0.25, 0.3) is 0 Å². The van der Waals surface area contributed by atoms with E-state index in [2.05, 4.69) is 28.1 Å². The highest BCUT2D eigenvalue weighted by molar-refractivity contribution is 7.12. The van der Waals surface area contributed by atoms with Crippen LogP contribution in [0.1, 0.15) is 16.2 Å². The van der Waals surface area contributed by atoms with Crippen molar-refractivity contribution in [3.8, 4) is 11.8 Å². The lowest BCUT2D eigenvalue weighted by Crippen LogP contribution is -2.46. The lowest BCUT2D eigenvalue weighted by Gasteiger charge is -2.25. The topological polar surface area (TPSA) is 52.6 Å². The van der Waals surface area contributed by atoms with Crippen LogP contribution in [0.15, 0.2) is 12.1 Å². The Morgan fingerprint density at radius 3 is 3.17 bits per heavy atom. The van der Waals surface area contributed by atoms with E-state index in [1.54, 1.807) is 11.3 Å². The van der Waals surface area contributed by atoms with Crippen molar-refractivity contribution >= 4 is 17.2 Å². The molecule has 2 N–H and O–H groups in total. The van der Waals surface area contributed by atoms with Gasteiger partial charge in [0.05, 0.1) is 18.0 Å². The van der Waals surface area contributed by atoms with Crippen molar-refractivity contribution in [3.05, 3.63) is 21.9 Å². The fourth-order valence-corrected chi connectivity index (χ4v) is 2.71. The number of nitrogens with zero attached hydrogens (tertiary/aromatic N) is 1. The summed E-state index contributed by atoms with van der Waals surface area (Å²) in [5.74, 6) is 6.03. The van der Waals surface area contributed by atoms with E-state index in [4.69, 9.17) is 5.11 Å². The van der Waals surface area contributed by atoms with Crippen molar-refractivity contribution in [1.82, 2.24) is 10.2 Å². The lowest BCUT2D eigenvalue weighted by atomic mass is 10.3. The molecule has 5 heteroatoms. The molecule has 0 atom stereocenters. The number of hydrogen-bond acceptors (Lipinski definition) is 4. The molecule has 1 aliphatic heterocycles. The fourth-order valence-electron chi connectivity index (χ4n) is 1.78. The number of aliphatic hydroxyl groups is 1. The standard InChI is InChI=1S/C13H16N2O2S/c16-8-2-1-3-11-4-5-12(18-11)9-15-7-6-14-13(17)10-15/h4-5,16H,2,6-10H2,(H,14,17). The molecular weight excluding hydrogens is 248 g/mol. The third kappa shape index (κ3) is 3.84. The van der Waals surface area contributed by atoms with Crippen LogP contribution in [0.3, 0.4) is 0 Å². The molecule has 96 valence electrons. The molecule has 2 heterocycles. The average Bonchev–Trinajstić information content (AvgIpc) is 2.77. The number of hydrogen-bond donors (Lipinski definition) is 2. The molecule has 1 amide bonds. The second-order valence-electron chi connectivity index (χ2n) is 4.10. The first-order valence-electron chi connectivity index (χ1n) is 5.95. The molecule has 0 aromatic carbocycles. The number of carbonyl (C=O) groups is 1. The van der Waals surface area contributed by atoms with Gasteiger partial charge in [0.2, 0.25) is 5.91 Å². The first-order chi connectivity index (χ1) is 8.78. The van der Waals surface area contributed by atoms with Gasteiger partial charge in [-0.3, -0.25) is 9.69 Å². The van der Waals surface area contributed by atoms with Gasteiger partial charge in [-0.1, -0.05) is 11.8 Å². The van der Waals surface area contributed by atoms with Crippen molar-refractivity contribution < 1.29 is 9.90 Å². The average molecular weight is 264 g/mol. The Balaban J connectivity index is 1.90. The van der Waals surface area contributed by atoms with Crippen molar-refractivity contribution in [3.63, 3.8) is 0 Å². The summed E-state index contributed by atoms with van der Waals surface area (Å²) in [6.07, 6.45) is 0.513. The number of carbonyl (C=O) groups excluding carboxylic acids is 1. The molecular formula is C13H16N2O2S. The largest absolute Gasteiger partial charge is 0.395 e. The number of thiophene rings is 1. The van der Waals surface area contributed by atoms with E-state index in [0.29, 0.717) is 13.0 Å². The molecule has 1 aromatic rings. The molecule has 0 bridgehead atoms. The van der Waals surface area contributed by atoms with Gasteiger partial charge >= 0.3 is 0 Å². The highest BCUT2D eigenvalue weighted by Crippen LogP contribution is 2.17. The molecule has 2 rings (SSSR count). The van der Waals surface area contributed by atoms with Crippen molar-refractivity contribution in [1.29, 1.82) is 0 Å². The number of amides is 1. The summed E-state index contributed by atoms with van der Waals surface area (Å²) in [7, 11) is 0. The summed E-state index contributed by atoms with van der Waals surface area (Å²) in [5, 5.41) is 11.5. The van der Waals surface area contributed by atoms with Gasteiger partial charge in [-0.25, -0.2) is 0 Å². The number of rotatable bonds is 3. The van der Waals surface area contributed by atoms with Gasteiger partial charge in [0, 0.05) is 30.9 Å². The van der Waals surface area contributed by atoms with Gasteiger partial charge < -0.3 is 10.4 Å². The van der Waals surface area contributed by atoms with Crippen LogP contribution in [0.2, 0.25) is 0 Å². The zero-order chi connectivity index (χ0) is 12.8. The van der Waals surface area contributed by atoms with Crippen LogP contribution in [0.25, 0.3) is 0 Å². The van der Waals surface area contributed by atoms with E-state index in [1.165, 1.54) is 4.88 Å². The highest BCUT2D eigenvalue weighted by atomic mass is 32.1. The van der Waals surface area contributed by atoms with Crippen LogP contribution in [-0.2, 0) is 11.3 Å². The molecule has 1 aromatic heterocycles. The van der Waals surface area contributed by atoms with Crippen LogP contribution < -0.4 is 5.32 Å². The Morgan fingerprint density at radius 1 is 1.50 bits per heavy atom. The van der Waals surface area contributed by atoms with Crippen LogP contribution in [0, 0.1) is 11.8 Å².